The molecule has 0 spiro atoms. The van der Waals surface area contributed by atoms with Gasteiger partial charge in [-0.25, -0.2) is 10.1 Å². The van der Waals surface area contributed by atoms with Crippen LogP contribution < -0.4 is 10.9 Å². The minimum absolute atomic E-state index is 0.206. The number of hydrogen-bond acceptors (Lipinski definition) is 3. The number of aromatic nitrogens is 2. The third kappa shape index (κ3) is 1.30. The molecule has 15 heavy (non-hydrogen) atoms. The Kier molecular flexibility index (Phi) is 1.76. The first-order chi connectivity index (χ1) is 7.34. The Morgan fingerprint density at radius 3 is 2.80 bits per heavy atom. The first-order valence-corrected chi connectivity index (χ1v) is 5.01. The predicted molar refractivity (Wildman–Crippen MR) is 59.1 cm³/mol. The fourth-order valence-electron chi connectivity index (χ4n) is 1.77. The van der Waals surface area contributed by atoms with Gasteiger partial charge in [0.2, 0.25) is 0 Å². The van der Waals surface area contributed by atoms with E-state index < -0.39 is 0 Å². The Morgan fingerprint density at radius 1 is 1.27 bits per heavy atom. The van der Waals surface area contributed by atoms with E-state index in [0.717, 1.165) is 17.1 Å². The van der Waals surface area contributed by atoms with Gasteiger partial charge in [-0.15, -0.1) is 0 Å². The fraction of sp³-hybridized carbons (Fsp3) is 0.182. The zero-order chi connectivity index (χ0) is 10.3. The predicted octanol–water partition coefficient (Wildman–Crippen LogP) is 2.00. The van der Waals surface area contributed by atoms with E-state index in [-0.39, 0.29) is 6.17 Å². The highest BCUT2D eigenvalue weighted by Gasteiger charge is 2.19. The van der Waals surface area contributed by atoms with Gasteiger partial charge in [-0.2, -0.15) is 5.10 Å². The van der Waals surface area contributed by atoms with Crippen LogP contribution in [0.1, 0.15) is 13.1 Å². The van der Waals surface area contributed by atoms with Crippen LogP contribution in [0.4, 0.5) is 5.82 Å². The number of nitrogens with one attached hydrogen (secondary N) is 2. The van der Waals surface area contributed by atoms with Crippen molar-refractivity contribution in [2.75, 3.05) is 5.43 Å². The van der Waals surface area contributed by atoms with E-state index in [4.69, 9.17) is 0 Å². The third-order valence-electron chi connectivity index (χ3n) is 2.58. The molecule has 4 nitrogen and oxygen atoms in total. The van der Waals surface area contributed by atoms with Crippen LogP contribution in [-0.2, 0) is 0 Å². The number of rotatable bonds is 1. The van der Waals surface area contributed by atoms with Crippen LogP contribution in [0.3, 0.4) is 0 Å². The van der Waals surface area contributed by atoms with Gasteiger partial charge in [-0.3, -0.25) is 0 Å². The Bertz CT molecular complexity index is 475. The summed E-state index contributed by atoms with van der Waals surface area (Å²) in [5.74, 6) is 1.02. The molecule has 1 aromatic carbocycles. The molecule has 1 aromatic heterocycles. The standard InChI is InChI=1S/C11H12N4/c1-8-12-13-11-7-10(14-15(8)11)9-5-3-2-4-6-9/h2-8,12-13H,1H3. The molecule has 0 amide bonds. The van der Waals surface area contributed by atoms with Crippen molar-refractivity contribution in [1.29, 1.82) is 0 Å². The summed E-state index contributed by atoms with van der Waals surface area (Å²) in [7, 11) is 0. The lowest BCUT2D eigenvalue weighted by Gasteiger charge is -2.03. The van der Waals surface area contributed by atoms with Crippen LogP contribution in [0, 0.1) is 0 Å². The number of hydrazine groups is 1. The second-order valence-electron chi connectivity index (χ2n) is 3.67. The van der Waals surface area contributed by atoms with E-state index in [1.54, 1.807) is 0 Å². The minimum atomic E-state index is 0.206. The molecule has 1 aliphatic heterocycles. The maximum Gasteiger partial charge on any atom is 0.141 e. The first-order valence-electron chi connectivity index (χ1n) is 5.01. The van der Waals surface area contributed by atoms with Crippen LogP contribution in [0.25, 0.3) is 11.3 Å². The lowest BCUT2D eigenvalue weighted by molar-refractivity contribution is 0.485. The van der Waals surface area contributed by atoms with Crippen LogP contribution in [0.15, 0.2) is 36.4 Å². The number of nitrogens with zero attached hydrogens (tertiary/aromatic N) is 2. The molecular weight excluding hydrogens is 188 g/mol. The van der Waals surface area contributed by atoms with Gasteiger partial charge in [-0.1, -0.05) is 30.3 Å². The van der Waals surface area contributed by atoms with Crippen LogP contribution in [0.5, 0.6) is 0 Å². The summed E-state index contributed by atoms with van der Waals surface area (Å²) < 4.78 is 1.95. The molecule has 0 fully saturated rings. The van der Waals surface area contributed by atoms with Crippen LogP contribution >= 0.6 is 0 Å². The van der Waals surface area contributed by atoms with E-state index in [1.165, 1.54) is 0 Å². The van der Waals surface area contributed by atoms with Gasteiger partial charge in [0.1, 0.15) is 12.0 Å². The molecule has 2 heterocycles. The molecule has 3 rings (SSSR count). The van der Waals surface area contributed by atoms with Crippen molar-refractivity contribution in [2.45, 2.75) is 13.1 Å². The van der Waals surface area contributed by atoms with Gasteiger partial charge in [0.05, 0.1) is 5.69 Å². The van der Waals surface area contributed by atoms with E-state index in [1.807, 2.05) is 28.9 Å². The topological polar surface area (TPSA) is 41.9 Å². The summed E-state index contributed by atoms with van der Waals surface area (Å²) in [4.78, 5) is 0. The summed E-state index contributed by atoms with van der Waals surface area (Å²) in [6.45, 7) is 2.06. The first kappa shape index (κ1) is 8.49. The smallest absolute Gasteiger partial charge is 0.141 e. The number of anilines is 1. The summed E-state index contributed by atoms with van der Waals surface area (Å²) in [5, 5.41) is 4.53. The Morgan fingerprint density at radius 2 is 2.07 bits per heavy atom. The molecule has 0 saturated carbocycles. The molecular formula is C11H12N4. The zero-order valence-corrected chi connectivity index (χ0v) is 8.44. The monoisotopic (exact) mass is 200 g/mol. The molecule has 2 N–H and O–H groups in total. The van der Waals surface area contributed by atoms with Crippen LogP contribution in [0.2, 0.25) is 0 Å². The molecule has 2 aromatic rings. The van der Waals surface area contributed by atoms with Crippen LogP contribution in [-0.4, -0.2) is 9.78 Å². The van der Waals surface area contributed by atoms with Crippen molar-refractivity contribution in [3.8, 4) is 11.3 Å². The largest absolute Gasteiger partial charge is 0.304 e. The zero-order valence-electron chi connectivity index (χ0n) is 8.44. The summed E-state index contributed by atoms with van der Waals surface area (Å²) in [5.41, 5.74) is 8.34. The van der Waals surface area contributed by atoms with E-state index in [9.17, 15) is 0 Å². The van der Waals surface area contributed by atoms with E-state index >= 15 is 0 Å². The van der Waals surface area contributed by atoms with Gasteiger partial charge in [0.15, 0.2) is 0 Å². The van der Waals surface area contributed by atoms with Gasteiger partial charge >= 0.3 is 0 Å². The van der Waals surface area contributed by atoms with Crippen molar-refractivity contribution in [3.05, 3.63) is 36.4 Å². The maximum atomic E-state index is 4.53. The SMILES string of the molecule is CC1NNc2cc(-c3ccccc3)nn21. The molecule has 4 heteroatoms. The fourth-order valence-corrected chi connectivity index (χ4v) is 1.77. The van der Waals surface area contributed by atoms with Gasteiger partial charge in [0.25, 0.3) is 0 Å². The lowest BCUT2D eigenvalue weighted by Crippen LogP contribution is -2.19. The Hall–Kier alpha value is -1.81. The molecule has 1 aliphatic rings. The van der Waals surface area contributed by atoms with Crippen molar-refractivity contribution in [3.63, 3.8) is 0 Å². The highest BCUT2D eigenvalue weighted by Crippen LogP contribution is 2.25. The summed E-state index contributed by atoms with van der Waals surface area (Å²) >= 11 is 0. The lowest BCUT2D eigenvalue weighted by atomic mass is 10.2. The second-order valence-corrected chi connectivity index (χ2v) is 3.67. The molecule has 76 valence electrons. The molecule has 0 aliphatic carbocycles. The average Bonchev–Trinajstić information content (AvgIpc) is 2.83. The second kappa shape index (κ2) is 3.10. The highest BCUT2D eigenvalue weighted by molar-refractivity contribution is 5.63. The number of fused-ring (bicyclic) bond motifs is 1. The molecule has 1 atom stereocenters. The van der Waals surface area contributed by atoms with Crippen molar-refractivity contribution in [2.24, 2.45) is 0 Å². The van der Waals surface area contributed by atoms with Gasteiger partial charge in [0, 0.05) is 11.6 Å². The van der Waals surface area contributed by atoms with E-state index in [2.05, 4.69) is 35.0 Å². The quantitative estimate of drug-likeness (QED) is 0.739. The van der Waals surface area contributed by atoms with Crippen molar-refractivity contribution in [1.82, 2.24) is 15.2 Å². The Labute approximate surface area is 87.9 Å². The minimum Gasteiger partial charge on any atom is -0.304 e. The third-order valence-corrected chi connectivity index (χ3v) is 2.58. The Balaban J connectivity index is 2.05. The average molecular weight is 200 g/mol. The summed E-state index contributed by atoms with van der Waals surface area (Å²) in [6.07, 6.45) is 0.206. The molecule has 0 saturated heterocycles. The molecule has 0 bridgehead atoms. The van der Waals surface area contributed by atoms with E-state index in [0.29, 0.717) is 0 Å². The molecule has 0 radical (unpaired) electrons. The van der Waals surface area contributed by atoms with Gasteiger partial charge in [-0.05, 0) is 6.92 Å². The highest BCUT2D eigenvalue weighted by atomic mass is 15.6. The van der Waals surface area contributed by atoms with Gasteiger partial charge < -0.3 is 5.43 Å². The van der Waals surface area contributed by atoms with Crippen molar-refractivity contribution >= 4 is 5.82 Å². The van der Waals surface area contributed by atoms with Crippen molar-refractivity contribution < 1.29 is 0 Å². The number of hydrogen-bond donors (Lipinski definition) is 2. The normalized spacial score (nSPS) is 18.6. The maximum absolute atomic E-state index is 4.53. The molecule has 1 unspecified atom stereocenters. The summed E-state index contributed by atoms with van der Waals surface area (Å²) in [6, 6.07) is 12.2. The number of benzene rings is 1.